The molecule has 0 unspecified atom stereocenters. The topological polar surface area (TPSA) is 100 Å². The number of nitrogens with one attached hydrogen (secondary N) is 1. The molecule has 1 aliphatic rings. The second-order valence-corrected chi connectivity index (χ2v) is 5.88. The zero-order chi connectivity index (χ0) is 19.1. The first-order valence-corrected chi connectivity index (χ1v) is 8.31. The van der Waals surface area contributed by atoms with Crippen molar-refractivity contribution in [3.8, 4) is 11.5 Å². The van der Waals surface area contributed by atoms with Crippen molar-refractivity contribution in [2.45, 2.75) is 25.7 Å². The second kappa shape index (κ2) is 9.07. The quantitative estimate of drug-likeness (QED) is 0.739. The summed E-state index contributed by atoms with van der Waals surface area (Å²) in [5, 5.41) is 2.77. The van der Waals surface area contributed by atoms with Gasteiger partial charge in [0.25, 0.3) is 0 Å². The van der Waals surface area contributed by atoms with Crippen molar-refractivity contribution < 1.29 is 33.3 Å². The highest BCUT2D eigenvalue weighted by Gasteiger charge is 2.26. The maximum absolute atomic E-state index is 12.4. The van der Waals surface area contributed by atoms with Crippen LogP contribution in [-0.4, -0.2) is 45.8 Å². The SMILES string of the molecule is COC(=O)COC(=O)c1cc(OC)c(OC)cc1NC(=O)C1CCCC1. The van der Waals surface area contributed by atoms with Crippen LogP contribution in [0.3, 0.4) is 0 Å². The Morgan fingerprint density at radius 2 is 1.65 bits per heavy atom. The highest BCUT2D eigenvalue weighted by atomic mass is 16.6. The molecule has 0 saturated heterocycles. The molecule has 1 aromatic rings. The van der Waals surface area contributed by atoms with Crippen LogP contribution in [0.2, 0.25) is 0 Å². The van der Waals surface area contributed by atoms with Gasteiger partial charge >= 0.3 is 11.9 Å². The highest BCUT2D eigenvalue weighted by Crippen LogP contribution is 2.35. The molecule has 1 amide bonds. The van der Waals surface area contributed by atoms with Crippen LogP contribution < -0.4 is 14.8 Å². The lowest BCUT2D eigenvalue weighted by Crippen LogP contribution is -2.23. The van der Waals surface area contributed by atoms with Crippen molar-refractivity contribution in [3.63, 3.8) is 0 Å². The normalized spacial score (nSPS) is 13.8. The first kappa shape index (κ1) is 19.6. The molecule has 0 atom stereocenters. The van der Waals surface area contributed by atoms with Crippen LogP contribution >= 0.6 is 0 Å². The van der Waals surface area contributed by atoms with E-state index in [4.69, 9.17) is 14.2 Å². The van der Waals surface area contributed by atoms with Crippen molar-refractivity contribution in [1.82, 2.24) is 0 Å². The smallest absolute Gasteiger partial charge is 0.344 e. The van der Waals surface area contributed by atoms with Gasteiger partial charge in [-0.15, -0.1) is 0 Å². The molecule has 142 valence electrons. The fraction of sp³-hybridized carbons (Fsp3) is 0.500. The summed E-state index contributed by atoms with van der Waals surface area (Å²) < 4.78 is 19.8. The van der Waals surface area contributed by atoms with E-state index >= 15 is 0 Å². The van der Waals surface area contributed by atoms with Gasteiger partial charge in [0.1, 0.15) is 0 Å². The first-order chi connectivity index (χ1) is 12.5. The summed E-state index contributed by atoms with van der Waals surface area (Å²) in [4.78, 5) is 36.0. The van der Waals surface area contributed by atoms with Gasteiger partial charge in [0, 0.05) is 18.1 Å². The van der Waals surface area contributed by atoms with Gasteiger partial charge in [0.15, 0.2) is 18.1 Å². The predicted molar refractivity (Wildman–Crippen MR) is 92.4 cm³/mol. The van der Waals surface area contributed by atoms with Gasteiger partial charge in [-0.05, 0) is 12.8 Å². The Morgan fingerprint density at radius 1 is 1.04 bits per heavy atom. The zero-order valence-electron chi connectivity index (χ0n) is 15.1. The standard InChI is InChI=1S/C18H23NO7/c1-23-14-8-12(18(22)26-10-16(20)25-3)13(9-15(14)24-2)19-17(21)11-6-4-5-7-11/h8-9,11H,4-7,10H2,1-3H3,(H,19,21). The molecule has 0 radical (unpaired) electrons. The number of ether oxygens (including phenoxy) is 4. The van der Waals surface area contributed by atoms with Crippen molar-refractivity contribution in [2.24, 2.45) is 5.92 Å². The van der Waals surface area contributed by atoms with Gasteiger partial charge in [-0.25, -0.2) is 9.59 Å². The van der Waals surface area contributed by atoms with Crippen molar-refractivity contribution in [2.75, 3.05) is 33.3 Å². The summed E-state index contributed by atoms with van der Waals surface area (Å²) in [5.74, 6) is -1.04. The molecule has 2 rings (SSSR count). The monoisotopic (exact) mass is 365 g/mol. The third kappa shape index (κ3) is 4.65. The minimum atomic E-state index is -0.780. The molecule has 1 N–H and O–H groups in total. The second-order valence-electron chi connectivity index (χ2n) is 5.88. The summed E-state index contributed by atoms with van der Waals surface area (Å²) in [6.07, 6.45) is 3.67. The van der Waals surface area contributed by atoms with Crippen LogP contribution in [0.1, 0.15) is 36.0 Å². The average Bonchev–Trinajstić information content (AvgIpc) is 3.20. The summed E-state index contributed by atoms with van der Waals surface area (Å²) in [5.41, 5.74) is 0.312. The van der Waals surface area contributed by atoms with Crippen LogP contribution in [0, 0.1) is 5.92 Å². The highest BCUT2D eigenvalue weighted by molar-refractivity contribution is 6.03. The minimum Gasteiger partial charge on any atom is -0.493 e. The molecule has 1 fully saturated rings. The van der Waals surface area contributed by atoms with Crippen LogP contribution in [0.4, 0.5) is 5.69 Å². The molecule has 0 aliphatic heterocycles. The Labute approximate surface area is 151 Å². The largest absolute Gasteiger partial charge is 0.493 e. The Balaban J connectivity index is 2.28. The van der Waals surface area contributed by atoms with Crippen molar-refractivity contribution in [3.05, 3.63) is 17.7 Å². The van der Waals surface area contributed by atoms with Gasteiger partial charge in [0.2, 0.25) is 5.91 Å². The summed E-state index contributed by atoms with van der Waals surface area (Å²) in [7, 11) is 4.08. The number of carbonyl (C=O) groups excluding carboxylic acids is 3. The Hall–Kier alpha value is -2.77. The number of rotatable bonds is 7. The van der Waals surface area contributed by atoms with Gasteiger partial charge < -0.3 is 24.3 Å². The Kier molecular flexibility index (Phi) is 6.82. The molecule has 0 heterocycles. The lowest BCUT2D eigenvalue weighted by molar-refractivity contribution is -0.144. The average molecular weight is 365 g/mol. The van der Waals surface area contributed by atoms with Gasteiger partial charge in [-0.1, -0.05) is 12.8 Å². The van der Waals surface area contributed by atoms with Crippen LogP contribution in [-0.2, 0) is 19.1 Å². The summed E-state index contributed by atoms with van der Waals surface area (Å²) in [6, 6.07) is 2.91. The van der Waals surface area contributed by atoms with E-state index in [1.165, 1.54) is 33.5 Å². The lowest BCUT2D eigenvalue weighted by atomic mass is 10.1. The summed E-state index contributed by atoms with van der Waals surface area (Å²) in [6.45, 7) is -0.528. The molecular formula is C18H23NO7. The van der Waals surface area contributed by atoms with Crippen LogP contribution in [0.25, 0.3) is 0 Å². The molecule has 26 heavy (non-hydrogen) atoms. The predicted octanol–water partition coefficient (Wildman–Crippen LogP) is 2.16. The Morgan fingerprint density at radius 3 is 2.23 bits per heavy atom. The maximum atomic E-state index is 12.4. The number of hydrogen-bond donors (Lipinski definition) is 1. The number of anilines is 1. The Bertz CT molecular complexity index is 680. The number of hydrogen-bond acceptors (Lipinski definition) is 7. The minimum absolute atomic E-state index is 0.0675. The van der Waals surface area contributed by atoms with E-state index in [1.807, 2.05) is 0 Å². The van der Waals surface area contributed by atoms with Crippen LogP contribution in [0.5, 0.6) is 11.5 Å². The molecule has 8 heteroatoms. The van der Waals surface area contributed by atoms with Gasteiger partial charge in [-0.3, -0.25) is 4.79 Å². The van der Waals surface area contributed by atoms with Crippen LogP contribution in [0.15, 0.2) is 12.1 Å². The van der Waals surface area contributed by atoms with E-state index in [0.717, 1.165) is 25.7 Å². The molecule has 0 spiro atoms. The number of methoxy groups -OCH3 is 3. The lowest BCUT2D eigenvalue weighted by Gasteiger charge is -2.16. The molecule has 1 aliphatic carbocycles. The molecule has 8 nitrogen and oxygen atoms in total. The van der Waals surface area contributed by atoms with E-state index in [2.05, 4.69) is 10.1 Å². The number of amides is 1. The molecule has 0 aromatic heterocycles. The number of esters is 2. The van der Waals surface area contributed by atoms with E-state index in [-0.39, 0.29) is 23.1 Å². The first-order valence-electron chi connectivity index (χ1n) is 8.31. The molecule has 1 aromatic carbocycles. The fourth-order valence-corrected chi connectivity index (χ4v) is 2.84. The molecular weight excluding hydrogens is 342 g/mol. The maximum Gasteiger partial charge on any atom is 0.344 e. The van der Waals surface area contributed by atoms with Gasteiger partial charge in [0.05, 0.1) is 32.6 Å². The third-order valence-electron chi connectivity index (χ3n) is 4.28. The van der Waals surface area contributed by atoms with E-state index < -0.39 is 18.5 Å². The molecule has 0 bridgehead atoms. The van der Waals surface area contributed by atoms with Gasteiger partial charge in [-0.2, -0.15) is 0 Å². The van der Waals surface area contributed by atoms with E-state index in [1.54, 1.807) is 0 Å². The number of carbonyl (C=O) groups is 3. The van der Waals surface area contributed by atoms with Crippen molar-refractivity contribution >= 4 is 23.5 Å². The third-order valence-corrected chi connectivity index (χ3v) is 4.28. The zero-order valence-corrected chi connectivity index (χ0v) is 15.1. The summed E-state index contributed by atoms with van der Waals surface area (Å²) >= 11 is 0. The number of benzene rings is 1. The van der Waals surface area contributed by atoms with E-state index in [0.29, 0.717) is 11.5 Å². The fourth-order valence-electron chi connectivity index (χ4n) is 2.84. The van der Waals surface area contributed by atoms with Crippen molar-refractivity contribution in [1.29, 1.82) is 0 Å². The molecule has 1 saturated carbocycles. The van der Waals surface area contributed by atoms with E-state index in [9.17, 15) is 14.4 Å².